The molecule has 1 saturated heterocycles. The SMILES string of the molecule is CCS(=O)(=O)C1CN(S(=O)(=O)CCCOc2ccccc2)C1. The van der Waals surface area contributed by atoms with Crippen LogP contribution in [0.3, 0.4) is 0 Å². The molecule has 1 aliphatic rings. The van der Waals surface area contributed by atoms with Crippen LogP contribution in [-0.4, -0.2) is 57.6 Å². The van der Waals surface area contributed by atoms with Crippen molar-refractivity contribution >= 4 is 19.9 Å². The summed E-state index contributed by atoms with van der Waals surface area (Å²) in [5.74, 6) is 0.729. The molecule has 0 radical (unpaired) electrons. The fourth-order valence-corrected chi connectivity index (χ4v) is 5.20. The second kappa shape index (κ2) is 6.97. The number of hydrogen-bond donors (Lipinski definition) is 0. The highest BCUT2D eigenvalue weighted by atomic mass is 32.2. The molecule has 0 atom stereocenters. The first-order chi connectivity index (χ1) is 10.3. The van der Waals surface area contributed by atoms with Gasteiger partial charge in [0.15, 0.2) is 9.84 Å². The Kier molecular flexibility index (Phi) is 5.46. The molecule has 1 aromatic carbocycles. The van der Waals surface area contributed by atoms with Crippen molar-refractivity contribution < 1.29 is 21.6 Å². The van der Waals surface area contributed by atoms with Crippen LogP contribution in [0.1, 0.15) is 13.3 Å². The Balaban J connectivity index is 1.74. The molecule has 2 rings (SSSR count). The largest absolute Gasteiger partial charge is 0.494 e. The summed E-state index contributed by atoms with van der Waals surface area (Å²) in [6, 6.07) is 9.19. The van der Waals surface area contributed by atoms with E-state index < -0.39 is 25.1 Å². The zero-order valence-corrected chi connectivity index (χ0v) is 14.1. The van der Waals surface area contributed by atoms with Gasteiger partial charge < -0.3 is 4.74 Å². The first kappa shape index (κ1) is 17.2. The van der Waals surface area contributed by atoms with Crippen molar-refractivity contribution in [3.8, 4) is 5.75 Å². The van der Waals surface area contributed by atoms with Crippen molar-refractivity contribution in [1.82, 2.24) is 4.31 Å². The van der Waals surface area contributed by atoms with Crippen molar-refractivity contribution in [2.24, 2.45) is 0 Å². The third-order valence-corrected chi connectivity index (χ3v) is 7.68. The Morgan fingerprint density at radius 2 is 1.77 bits per heavy atom. The van der Waals surface area contributed by atoms with Crippen LogP contribution < -0.4 is 4.74 Å². The summed E-state index contributed by atoms with van der Waals surface area (Å²) < 4.78 is 54.1. The van der Waals surface area contributed by atoms with Crippen LogP contribution in [0.4, 0.5) is 0 Å². The number of ether oxygens (including phenoxy) is 1. The monoisotopic (exact) mass is 347 g/mol. The third kappa shape index (κ3) is 4.21. The molecule has 0 bridgehead atoms. The molecule has 1 fully saturated rings. The molecule has 0 unspecified atom stereocenters. The Morgan fingerprint density at radius 1 is 1.14 bits per heavy atom. The molecule has 0 saturated carbocycles. The van der Waals surface area contributed by atoms with E-state index >= 15 is 0 Å². The van der Waals surface area contributed by atoms with Gasteiger partial charge in [-0.1, -0.05) is 25.1 Å². The summed E-state index contributed by atoms with van der Waals surface area (Å²) in [6.45, 7) is 2.05. The van der Waals surface area contributed by atoms with Gasteiger partial charge in [-0.2, -0.15) is 4.31 Å². The summed E-state index contributed by atoms with van der Waals surface area (Å²) in [7, 11) is -6.54. The molecule has 0 amide bonds. The highest BCUT2D eigenvalue weighted by molar-refractivity contribution is 7.92. The maximum atomic E-state index is 12.1. The highest BCUT2D eigenvalue weighted by Gasteiger charge is 2.41. The standard InChI is InChI=1S/C14H21NO5S2/c1-2-21(16,17)14-11-15(12-14)22(18,19)10-6-9-20-13-7-4-3-5-8-13/h3-5,7-8,14H,2,6,9-12H2,1H3. The van der Waals surface area contributed by atoms with Gasteiger partial charge in [-0.05, 0) is 18.6 Å². The molecule has 0 aliphatic carbocycles. The van der Waals surface area contributed by atoms with Crippen molar-refractivity contribution in [2.75, 3.05) is 31.2 Å². The Hall–Kier alpha value is -1.12. The number of benzene rings is 1. The summed E-state index contributed by atoms with van der Waals surface area (Å²) >= 11 is 0. The molecule has 8 heteroatoms. The van der Waals surface area contributed by atoms with Crippen LogP contribution in [0.5, 0.6) is 5.75 Å². The van der Waals surface area contributed by atoms with Crippen LogP contribution in [0, 0.1) is 0 Å². The molecule has 1 aliphatic heterocycles. The predicted octanol–water partition coefficient (Wildman–Crippen LogP) is 0.904. The first-order valence-electron chi connectivity index (χ1n) is 7.22. The van der Waals surface area contributed by atoms with E-state index in [4.69, 9.17) is 4.74 Å². The van der Waals surface area contributed by atoms with Gasteiger partial charge in [-0.15, -0.1) is 0 Å². The van der Waals surface area contributed by atoms with Crippen LogP contribution >= 0.6 is 0 Å². The van der Waals surface area contributed by atoms with Gasteiger partial charge in [-0.3, -0.25) is 0 Å². The molecule has 0 spiro atoms. The first-order valence-corrected chi connectivity index (χ1v) is 10.5. The molecule has 124 valence electrons. The molecular formula is C14H21NO5S2. The van der Waals surface area contributed by atoms with Crippen LogP contribution in [0.15, 0.2) is 30.3 Å². The van der Waals surface area contributed by atoms with E-state index in [0.29, 0.717) is 18.8 Å². The normalized spacial score (nSPS) is 17.1. The summed E-state index contributed by atoms with van der Waals surface area (Å²) in [4.78, 5) is 0. The molecule has 6 nitrogen and oxygen atoms in total. The van der Waals surface area contributed by atoms with E-state index in [-0.39, 0.29) is 24.6 Å². The van der Waals surface area contributed by atoms with E-state index in [0.717, 1.165) is 0 Å². The summed E-state index contributed by atoms with van der Waals surface area (Å²) in [5.41, 5.74) is 0. The summed E-state index contributed by atoms with van der Waals surface area (Å²) in [6.07, 6.45) is 0.374. The quantitative estimate of drug-likeness (QED) is 0.653. The van der Waals surface area contributed by atoms with Crippen molar-refractivity contribution in [2.45, 2.75) is 18.6 Å². The Bertz CT molecular complexity index is 679. The van der Waals surface area contributed by atoms with Gasteiger partial charge in [0.2, 0.25) is 10.0 Å². The lowest BCUT2D eigenvalue weighted by Gasteiger charge is -2.37. The number of rotatable bonds is 8. The number of nitrogens with zero attached hydrogens (tertiary/aromatic N) is 1. The van der Waals surface area contributed by atoms with Gasteiger partial charge in [0.25, 0.3) is 0 Å². The van der Waals surface area contributed by atoms with E-state index in [2.05, 4.69) is 0 Å². The molecule has 1 heterocycles. The van der Waals surface area contributed by atoms with Gasteiger partial charge in [0, 0.05) is 18.8 Å². The van der Waals surface area contributed by atoms with Crippen LogP contribution in [0.2, 0.25) is 0 Å². The van der Waals surface area contributed by atoms with Crippen LogP contribution in [-0.2, 0) is 19.9 Å². The zero-order valence-electron chi connectivity index (χ0n) is 12.5. The van der Waals surface area contributed by atoms with Gasteiger partial charge in [0.1, 0.15) is 5.75 Å². The molecule has 0 N–H and O–H groups in total. The minimum atomic E-state index is -3.39. The average Bonchev–Trinajstić information content (AvgIpc) is 2.42. The van der Waals surface area contributed by atoms with Crippen LogP contribution in [0.25, 0.3) is 0 Å². The van der Waals surface area contributed by atoms with Crippen molar-refractivity contribution in [3.63, 3.8) is 0 Å². The van der Waals surface area contributed by atoms with E-state index in [9.17, 15) is 16.8 Å². The lowest BCUT2D eigenvalue weighted by molar-refractivity contribution is 0.299. The summed E-state index contributed by atoms with van der Waals surface area (Å²) in [5, 5.41) is -0.548. The predicted molar refractivity (Wildman–Crippen MR) is 85.2 cm³/mol. The second-order valence-electron chi connectivity index (χ2n) is 5.22. The van der Waals surface area contributed by atoms with E-state index in [1.807, 2.05) is 30.3 Å². The lowest BCUT2D eigenvalue weighted by atomic mass is 10.3. The lowest BCUT2D eigenvalue weighted by Crippen LogP contribution is -2.57. The molecule has 0 aromatic heterocycles. The maximum absolute atomic E-state index is 12.1. The number of para-hydroxylation sites is 1. The highest BCUT2D eigenvalue weighted by Crippen LogP contribution is 2.21. The minimum Gasteiger partial charge on any atom is -0.494 e. The topological polar surface area (TPSA) is 80.8 Å². The fourth-order valence-electron chi connectivity index (χ4n) is 2.17. The van der Waals surface area contributed by atoms with Crippen molar-refractivity contribution in [1.29, 1.82) is 0 Å². The smallest absolute Gasteiger partial charge is 0.214 e. The van der Waals surface area contributed by atoms with E-state index in [1.165, 1.54) is 4.31 Å². The Labute approximate surface area is 132 Å². The minimum absolute atomic E-state index is 0.0290. The second-order valence-corrected chi connectivity index (χ2v) is 9.88. The van der Waals surface area contributed by atoms with Gasteiger partial charge in [-0.25, -0.2) is 16.8 Å². The fraction of sp³-hybridized carbons (Fsp3) is 0.571. The maximum Gasteiger partial charge on any atom is 0.214 e. The van der Waals surface area contributed by atoms with Gasteiger partial charge in [0.05, 0.1) is 17.6 Å². The molecule has 1 aromatic rings. The Morgan fingerprint density at radius 3 is 2.36 bits per heavy atom. The number of sulfonamides is 1. The van der Waals surface area contributed by atoms with Gasteiger partial charge >= 0.3 is 0 Å². The van der Waals surface area contributed by atoms with Crippen molar-refractivity contribution in [3.05, 3.63) is 30.3 Å². The number of sulfone groups is 1. The number of hydrogen-bond acceptors (Lipinski definition) is 5. The zero-order chi connectivity index (χ0) is 16.2. The molecule has 22 heavy (non-hydrogen) atoms. The third-order valence-electron chi connectivity index (χ3n) is 3.68. The molecular weight excluding hydrogens is 326 g/mol. The average molecular weight is 347 g/mol. The van der Waals surface area contributed by atoms with E-state index in [1.54, 1.807) is 6.92 Å².